The van der Waals surface area contributed by atoms with Crippen molar-refractivity contribution >= 4 is 16.9 Å². The second-order valence-corrected chi connectivity index (χ2v) is 6.79. The Bertz CT molecular complexity index is 891. The number of aromatic nitrogens is 2. The number of aromatic amines is 1. The molecule has 1 saturated heterocycles. The fraction of sp³-hybridized carbons (Fsp3) is 0.300. The maximum Gasteiger partial charge on any atom is 0.254 e. The van der Waals surface area contributed by atoms with Crippen molar-refractivity contribution in [3.05, 3.63) is 65.2 Å². The summed E-state index contributed by atoms with van der Waals surface area (Å²) in [6.45, 7) is 5.35. The molecule has 0 unspecified atom stereocenters. The summed E-state index contributed by atoms with van der Waals surface area (Å²) in [5, 5.41) is 0. The van der Waals surface area contributed by atoms with Crippen LogP contribution in [0.15, 0.2) is 42.5 Å². The first kappa shape index (κ1) is 16.7. The van der Waals surface area contributed by atoms with Gasteiger partial charge in [-0.05, 0) is 42.8 Å². The van der Waals surface area contributed by atoms with Crippen LogP contribution in [0.5, 0.6) is 0 Å². The number of imidazole rings is 1. The molecular formula is C20H21FN4O. The van der Waals surface area contributed by atoms with E-state index >= 15 is 0 Å². The second-order valence-electron chi connectivity index (χ2n) is 6.79. The summed E-state index contributed by atoms with van der Waals surface area (Å²) in [4.78, 5) is 24.6. The molecule has 2 aromatic carbocycles. The first-order chi connectivity index (χ1) is 12.6. The Labute approximate surface area is 151 Å². The van der Waals surface area contributed by atoms with Gasteiger partial charge >= 0.3 is 0 Å². The number of halogens is 1. The van der Waals surface area contributed by atoms with Crippen LogP contribution >= 0.6 is 0 Å². The summed E-state index contributed by atoms with van der Waals surface area (Å²) in [6, 6.07) is 12.5. The highest BCUT2D eigenvalue weighted by molar-refractivity contribution is 5.94. The van der Waals surface area contributed by atoms with Crippen LogP contribution in [0.4, 0.5) is 4.39 Å². The van der Waals surface area contributed by atoms with Crippen molar-refractivity contribution in [2.24, 2.45) is 0 Å². The van der Waals surface area contributed by atoms with Gasteiger partial charge in [0.2, 0.25) is 0 Å². The zero-order valence-electron chi connectivity index (χ0n) is 14.7. The SMILES string of the molecule is Cc1cc(F)cc(C(=O)N2CCN(Cc3nc4ccccc4[nH]3)CC2)c1. The molecule has 1 aliphatic heterocycles. The lowest BCUT2D eigenvalue weighted by molar-refractivity contribution is 0.0625. The molecule has 6 heteroatoms. The molecule has 0 aliphatic carbocycles. The number of benzene rings is 2. The molecule has 1 amide bonds. The van der Waals surface area contributed by atoms with E-state index in [2.05, 4.69) is 14.9 Å². The van der Waals surface area contributed by atoms with E-state index in [1.165, 1.54) is 12.1 Å². The molecule has 1 N–H and O–H groups in total. The predicted molar refractivity (Wildman–Crippen MR) is 98.4 cm³/mol. The molecule has 1 aliphatic rings. The van der Waals surface area contributed by atoms with E-state index in [9.17, 15) is 9.18 Å². The molecule has 5 nitrogen and oxygen atoms in total. The van der Waals surface area contributed by atoms with Gasteiger partial charge in [-0.1, -0.05) is 12.1 Å². The van der Waals surface area contributed by atoms with Crippen LogP contribution in [0.25, 0.3) is 11.0 Å². The quantitative estimate of drug-likeness (QED) is 0.788. The fourth-order valence-corrected chi connectivity index (χ4v) is 3.44. The minimum atomic E-state index is -0.364. The number of hydrogen-bond donors (Lipinski definition) is 1. The molecule has 134 valence electrons. The maximum atomic E-state index is 13.6. The van der Waals surface area contributed by atoms with Crippen LogP contribution in [0, 0.1) is 12.7 Å². The van der Waals surface area contributed by atoms with Gasteiger partial charge in [-0.15, -0.1) is 0 Å². The van der Waals surface area contributed by atoms with Crippen molar-refractivity contribution in [3.8, 4) is 0 Å². The molecule has 1 aromatic heterocycles. The molecule has 2 heterocycles. The highest BCUT2D eigenvalue weighted by atomic mass is 19.1. The van der Waals surface area contributed by atoms with Crippen LogP contribution in [0.3, 0.4) is 0 Å². The molecule has 0 radical (unpaired) electrons. The summed E-state index contributed by atoms with van der Waals surface area (Å²) in [5.74, 6) is 0.472. The largest absolute Gasteiger partial charge is 0.341 e. The van der Waals surface area contributed by atoms with Crippen molar-refractivity contribution in [3.63, 3.8) is 0 Å². The third-order valence-corrected chi connectivity index (χ3v) is 4.76. The van der Waals surface area contributed by atoms with Crippen molar-refractivity contribution in [1.29, 1.82) is 0 Å². The standard InChI is InChI=1S/C20H21FN4O/c1-14-10-15(12-16(21)11-14)20(26)25-8-6-24(7-9-25)13-19-22-17-4-2-3-5-18(17)23-19/h2-5,10-12H,6-9,13H2,1H3,(H,22,23). The number of amides is 1. The monoisotopic (exact) mass is 352 g/mol. The Morgan fingerprint density at radius 1 is 1.15 bits per heavy atom. The Kier molecular flexibility index (Phi) is 4.42. The number of H-pyrrole nitrogens is 1. The van der Waals surface area contributed by atoms with Crippen molar-refractivity contribution in [2.45, 2.75) is 13.5 Å². The van der Waals surface area contributed by atoms with Gasteiger partial charge in [-0.3, -0.25) is 9.69 Å². The van der Waals surface area contributed by atoms with Gasteiger partial charge in [0.15, 0.2) is 0 Å². The number of piperazine rings is 1. The zero-order valence-corrected chi connectivity index (χ0v) is 14.7. The van der Waals surface area contributed by atoms with E-state index < -0.39 is 0 Å². The lowest BCUT2D eigenvalue weighted by atomic mass is 10.1. The van der Waals surface area contributed by atoms with Gasteiger partial charge in [0.05, 0.1) is 17.6 Å². The molecule has 0 atom stereocenters. The van der Waals surface area contributed by atoms with E-state index in [1.807, 2.05) is 24.3 Å². The zero-order chi connectivity index (χ0) is 18.1. The molecule has 1 fully saturated rings. The van der Waals surface area contributed by atoms with Crippen molar-refractivity contribution in [1.82, 2.24) is 19.8 Å². The highest BCUT2D eigenvalue weighted by Gasteiger charge is 2.23. The van der Waals surface area contributed by atoms with Gasteiger partial charge in [0.25, 0.3) is 5.91 Å². The number of carbonyl (C=O) groups is 1. The van der Waals surface area contributed by atoms with Crippen LogP contribution in [-0.2, 0) is 6.54 Å². The molecule has 4 rings (SSSR count). The maximum absolute atomic E-state index is 13.6. The van der Waals surface area contributed by atoms with Crippen LogP contribution in [0.2, 0.25) is 0 Å². The van der Waals surface area contributed by atoms with Gasteiger partial charge < -0.3 is 9.88 Å². The summed E-state index contributed by atoms with van der Waals surface area (Å²) < 4.78 is 13.6. The molecule has 0 saturated carbocycles. The van der Waals surface area contributed by atoms with Gasteiger partial charge in [0, 0.05) is 31.7 Å². The van der Waals surface area contributed by atoms with Crippen LogP contribution < -0.4 is 0 Å². The van der Waals surface area contributed by atoms with E-state index in [1.54, 1.807) is 17.9 Å². The van der Waals surface area contributed by atoms with Gasteiger partial charge in [-0.2, -0.15) is 0 Å². The number of hydrogen-bond acceptors (Lipinski definition) is 3. The van der Waals surface area contributed by atoms with Crippen LogP contribution in [0.1, 0.15) is 21.7 Å². The average Bonchev–Trinajstić information content (AvgIpc) is 3.03. The van der Waals surface area contributed by atoms with Gasteiger partial charge in [0.1, 0.15) is 11.6 Å². The van der Waals surface area contributed by atoms with Crippen LogP contribution in [-0.4, -0.2) is 51.9 Å². The summed E-state index contributed by atoms with van der Waals surface area (Å²) >= 11 is 0. The molecule has 0 bridgehead atoms. The lowest BCUT2D eigenvalue weighted by Crippen LogP contribution is -2.48. The minimum absolute atomic E-state index is 0.101. The van der Waals surface area contributed by atoms with E-state index in [-0.39, 0.29) is 11.7 Å². The third kappa shape index (κ3) is 3.46. The summed E-state index contributed by atoms with van der Waals surface area (Å²) in [5.41, 5.74) is 3.20. The normalized spacial score (nSPS) is 15.5. The second kappa shape index (κ2) is 6.88. The Balaban J connectivity index is 1.38. The Morgan fingerprint density at radius 2 is 1.92 bits per heavy atom. The smallest absolute Gasteiger partial charge is 0.254 e. The number of rotatable bonds is 3. The number of fused-ring (bicyclic) bond motifs is 1. The van der Waals surface area contributed by atoms with Gasteiger partial charge in [-0.25, -0.2) is 9.37 Å². The topological polar surface area (TPSA) is 52.2 Å². The van der Waals surface area contributed by atoms with E-state index in [4.69, 9.17) is 0 Å². The lowest BCUT2D eigenvalue weighted by Gasteiger charge is -2.34. The van der Waals surface area contributed by atoms with Crippen molar-refractivity contribution < 1.29 is 9.18 Å². The number of para-hydroxylation sites is 2. The minimum Gasteiger partial charge on any atom is -0.341 e. The molecule has 3 aromatic rings. The Hall–Kier alpha value is -2.73. The summed E-state index contributed by atoms with van der Waals surface area (Å²) in [7, 11) is 0. The van der Waals surface area contributed by atoms with E-state index in [0.29, 0.717) is 18.7 Å². The van der Waals surface area contributed by atoms with E-state index in [0.717, 1.165) is 42.1 Å². The number of aryl methyl sites for hydroxylation is 1. The number of nitrogens with one attached hydrogen (secondary N) is 1. The number of nitrogens with zero attached hydrogens (tertiary/aromatic N) is 3. The third-order valence-electron chi connectivity index (χ3n) is 4.76. The summed E-state index contributed by atoms with van der Waals surface area (Å²) in [6.07, 6.45) is 0. The predicted octanol–water partition coefficient (Wildman–Crippen LogP) is 2.97. The fourth-order valence-electron chi connectivity index (χ4n) is 3.44. The van der Waals surface area contributed by atoms with Crippen molar-refractivity contribution in [2.75, 3.05) is 26.2 Å². The number of carbonyl (C=O) groups excluding carboxylic acids is 1. The molecule has 26 heavy (non-hydrogen) atoms. The first-order valence-electron chi connectivity index (χ1n) is 8.81. The molecular weight excluding hydrogens is 331 g/mol. The first-order valence-corrected chi connectivity index (χ1v) is 8.81. The Morgan fingerprint density at radius 3 is 2.65 bits per heavy atom. The molecule has 0 spiro atoms. The highest BCUT2D eigenvalue weighted by Crippen LogP contribution is 2.15. The average molecular weight is 352 g/mol.